The normalized spacial score (nSPS) is 26.6. The zero-order valence-electron chi connectivity index (χ0n) is 13.4. The highest BCUT2D eigenvalue weighted by Gasteiger charge is 2.54. The summed E-state index contributed by atoms with van der Waals surface area (Å²) in [6, 6.07) is 14.4. The number of ether oxygens (including phenoxy) is 1. The number of hydrogen-bond donors (Lipinski definition) is 3. The lowest BCUT2D eigenvalue weighted by Crippen LogP contribution is -2.70. The van der Waals surface area contributed by atoms with Crippen LogP contribution in [0.2, 0.25) is 5.02 Å². The van der Waals surface area contributed by atoms with Gasteiger partial charge in [0, 0.05) is 16.3 Å². The van der Waals surface area contributed by atoms with E-state index in [0.717, 1.165) is 11.3 Å². The molecule has 2 aliphatic rings. The van der Waals surface area contributed by atoms with Crippen LogP contribution in [0.25, 0.3) is 0 Å². The maximum atomic E-state index is 13.0. The van der Waals surface area contributed by atoms with E-state index >= 15 is 0 Å². The van der Waals surface area contributed by atoms with Crippen LogP contribution in [0.5, 0.6) is 5.75 Å². The second kappa shape index (κ2) is 5.89. The molecule has 1 amide bonds. The number of anilines is 1. The van der Waals surface area contributed by atoms with E-state index in [-0.39, 0.29) is 11.9 Å². The summed E-state index contributed by atoms with van der Waals surface area (Å²) in [5.74, 6) is 0.0737. The molecule has 5 nitrogen and oxygen atoms in total. The van der Waals surface area contributed by atoms with E-state index in [2.05, 4.69) is 16.0 Å². The van der Waals surface area contributed by atoms with E-state index in [0.29, 0.717) is 15.8 Å². The van der Waals surface area contributed by atoms with Gasteiger partial charge in [-0.15, -0.1) is 0 Å². The maximum absolute atomic E-state index is 13.0. The monoisotopic (exact) mass is 373 g/mol. The molecule has 128 valence electrons. The van der Waals surface area contributed by atoms with E-state index < -0.39 is 11.6 Å². The Morgan fingerprint density at radius 2 is 1.96 bits per heavy atom. The molecule has 25 heavy (non-hydrogen) atoms. The fraction of sp³-hybridized carbons (Fsp3) is 0.222. The molecule has 1 fully saturated rings. The minimum atomic E-state index is -0.933. The summed E-state index contributed by atoms with van der Waals surface area (Å²) in [4.78, 5) is 13.0. The molecule has 0 saturated carbocycles. The number of thiocarbonyl (C=S) groups is 1. The zero-order valence-corrected chi connectivity index (χ0v) is 14.9. The quantitative estimate of drug-likeness (QED) is 0.705. The molecule has 0 unspecified atom stereocenters. The van der Waals surface area contributed by atoms with Crippen molar-refractivity contribution in [3.63, 3.8) is 0 Å². The van der Waals surface area contributed by atoms with Gasteiger partial charge >= 0.3 is 0 Å². The van der Waals surface area contributed by atoms with Gasteiger partial charge in [-0.3, -0.25) is 4.79 Å². The molecule has 0 aliphatic carbocycles. The molecule has 3 N–H and O–H groups in total. The highest BCUT2D eigenvalue weighted by Crippen LogP contribution is 2.44. The van der Waals surface area contributed by atoms with Crippen molar-refractivity contribution in [1.82, 2.24) is 10.6 Å². The molecule has 2 bridgehead atoms. The Morgan fingerprint density at radius 1 is 1.24 bits per heavy atom. The first-order chi connectivity index (χ1) is 12.0. The molecule has 2 aromatic rings. The van der Waals surface area contributed by atoms with Crippen molar-refractivity contribution in [3.05, 3.63) is 59.1 Å². The van der Waals surface area contributed by atoms with Crippen LogP contribution in [0.1, 0.15) is 18.5 Å². The van der Waals surface area contributed by atoms with E-state index in [4.69, 9.17) is 28.6 Å². The van der Waals surface area contributed by atoms with Crippen molar-refractivity contribution in [2.24, 2.45) is 5.92 Å². The first-order valence-corrected chi connectivity index (χ1v) is 8.68. The van der Waals surface area contributed by atoms with Gasteiger partial charge in [-0.2, -0.15) is 0 Å². The first-order valence-electron chi connectivity index (χ1n) is 7.89. The summed E-state index contributed by atoms with van der Waals surface area (Å²) in [7, 11) is 0. The largest absolute Gasteiger partial charge is 0.467 e. The van der Waals surface area contributed by atoms with E-state index in [1.165, 1.54) is 0 Å². The Kier molecular flexibility index (Phi) is 3.81. The van der Waals surface area contributed by atoms with E-state index in [9.17, 15) is 4.79 Å². The van der Waals surface area contributed by atoms with Gasteiger partial charge in [0.05, 0.1) is 6.04 Å². The number of amides is 1. The number of halogens is 1. The predicted octanol–water partition coefficient (Wildman–Crippen LogP) is 3.22. The molecule has 0 aromatic heterocycles. The van der Waals surface area contributed by atoms with Gasteiger partial charge in [0.2, 0.25) is 5.91 Å². The van der Waals surface area contributed by atoms with Crippen molar-refractivity contribution < 1.29 is 9.53 Å². The van der Waals surface area contributed by atoms with Gasteiger partial charge in [-0.1, -0.05) is 29.8 Å². The summed E-state index contributed by atoms with van der Waals surface area (Å²) in [6.07, 6.45) is 0. The Hall–Kier alpha value is -2.31. The molecule has 3 atom stereocenters. The number of carbonyl (C=O) groups excluding carboxylic acids is 1. The molecule has 0 spiro atoms. The number of benzene rings is 2. The molecule has 4 rings (SSSR count). The molecule has 2 heterocycles. The lowest BCUT2D eigenvalue weighted by atomic mass is 9.80. The van der Waals surface area contributed by atoms with Crippen LogP contribution in [0.15, 0.2) is 48.5 Å². The van der Waals surface area contributed by atoms with Gasteiger partial charge in [0.1, 0.15) is 11.7 Å². The van der Waals surface area contributed by atoms with Gasteiger partial charge in [-0.25, -0.2) is 0 Å². The maximum Gasteiger partial charge on any atom is 0.236 e. The SMILES string of the molecule is C[C@]12NC(=S)N[C@H](c3ccccc3O1)[C@H]2C(=O)Nc1ccc(Cl)cc1. The molecule has 2 aliphatic heterocycles. The summed E-state index contributed by atoms with van der Waals surface area (Å²) in [6.45, 7) is 1.84. The van der Waals surface area contributed by atoms with Crippen LogP contribution in [0.3, 0.4) is 0 Å². The number of carbonyl (C=O) groups is 1. The van der Waals surface area contributed by atoms with Crippen molar-refractivity contribution in [2.75, 3.05) is 5.32 Å². The third kappa shape index (κ3) is 2.81. The van der Waals surface area contributed by atoms with Crippen LogP contribution in [0, 0.1) is 5.92 Å². The third-order valence-electron chi connectivity index (χ3n) is 4.55. The second-order valence-corrected chi connectivity index (χ2v) is 7.14. The smallest absolute Gasteiger partial charge is 0.236 e. The minimum absolute atomic E-state index is 0.160. The minimum Gasteiger partial charge on any atom is -0.467 e. The van der Waals surface area contributed by atoms with Crippen molar-refractivity contribution in [3.8, 4) is 5.75 Å². The summed E-state index contributed by atoms with van der Waals surface area (Å²) in [5, 5.41) is 10.3. The van der Waals surface area contributed by atoms with Crippen LogP contribution < -0.4 is 20.7 Å². The van der Waals surface area contributed by atoms with Crippen LogP contribution in [-0.2, 0) is 4.79 Å². The lowest BCUT2D eigenvalue weighted by molar-refractivity contribution is -0.132. The standard InChI is InChI=1S/C18H16ClN3O2S/c1-18-14(16(23)20-11-8-6-10(19)7-9-11)15(21-17(25)22-18)12-4-2-3-5-13(12)24-18/h2-9,14-15H,1H3,(H,20,23)(H2,21,22,25)/t14-,15+,18-/m0/s1. The molecular formula is C18H16ClN3O2S. The topological polar surface area (TPSA) is 62.4 Å². The van der Waals surface area contributed by atoms with Crippen LogP contribution in [-0.4, -0.2) is 16.7 Å². The number of hydrogen-bond acceptors (Lipinski definition) is 3. The Labute approximate surface area is 155 Å². The Balaban J connectivity index is 1.69. The summed E-state index contributed by atoms with van der Waals surface area (Å²) >= 11 is 11.2. The molecule has 0 radical (unpaired) electrons. The molecule has 7 heteroatoms. The zero-order chi connectivity index (χ0) is 17.6. The van der Waals surface area contributed by atoms with Crippen molar-refractivity contribution in [1.29, 1.82) is 0 Å². The predicted molar refractivity (Wildman–Crippen MR) is 101 cm³/mol. The number of rotatable bonds is 2. The third-order valence-corrected chi connectivity index (χ3v) is 5.02. The fourth-order valence-electron chi connectivity index (χ4n) is 3.44. The van der Waals surface area contributed by atoms with E-state index in [1.807, 2.05) is 31.2 Å². The van der Waals surface area contributed by atoms with Crippen LogP contribution in [0.4, 0.5) is 5.69 Å². The van der Waals surface area contributed by atoms with Crippen molar-refractivity contribution in [2.45, 2.75) is 18.7 Å². The molecule has 2 aromatic carbocycles. The second-order valence-electron chi connectivity index (χ2n) is 6.30. The summed E-state index contributed by atoms with van der Waals surface area (Å²) in [5.41, 5.74) is 0.662. The van der Waals surface area contributed by atoms with Crippen molar-refractivity contribution >= 4 is 40.5 Å². The Bertz CT molecular complexity index is 858. The average Bonchev–Trinajstić information content (AvgIpc) is 2.55. The summed E-state index contributed by atoms with van der Waals surface area (Å²) < 4.78 is 6.13. The highest BCUT2D eigenvalue weighted by atomic mass is 35.5. The van der Waals surface area contributed by atoms with Gasteiger partial charge in [0.15, 0.2) is 10.8 Å². The average molecular weight is 374 g/mol. The van der Waals surface area contributed by atoms with Gasteiger partial charge in [-0.05, 0) is 49.5 Å². The molecule has 1 saturated heterocycles. The number of nitrogens with one attached hydrogen (secondary N) is 3. The first kappa shape index (κ1) is 16.2. The van der Waals surface area contributed by atoms with E-state index in [1.54, 1.807) is 24.3 Å². The Morgan fingerprint density at radius 3 is 2.72 bits per heavy atom. The highest BCUT2D eigenvalue weighted by molar-refractivity contribution is 7.80. The molecular weight excluding hydrogens is 358 g/mol. The van der Waals surface area contributed by atoms with Gasteiger partial charge in [0.25, 0.3) is 0 Å². The fourth-order valence-corrected chi connectivity index (χ4v) is 3.90. The van der Waals surface area contributed by atoms with Crippen LogP contribution >= 0.6 is 23.8 Å². The number of fused-ring (bicyclic) bond motifs is 4. The lowest BCUT2D eigenvalue weighted by Gasteiger charge is -2.50. The van der Waals surface area contributed by atoms with Gasteiger partial charge < -0.3 is 20.7 Å². The number of para-hydroxylation sites is 1.